The SMILES string of the molecule is C=C1C(=O)OCC2(CC)CCCCC12. The number of cyclic esters (lactones) is 1. The summed E-state index contributed by atoms with van der Waals surface area (Å²) in [6.45, 7) is 6.71. The summed E-state index contributed by atoms with van der Waals surface area (Å²) in [5.41, 5.74) is 0.946. The Labute approximate surface area is 85.3 Å². The minimum atomic E-state index is -0.166. The van der Waals surface area contributed by atoms with E-state index in [0.717, 1.165) is 18.4 Å². The predicted octanol–water partition coefficient (Wildman–Crippen LogP) is 2.69. The maximum absolute atomic E-state index is 11.4. The Balaban J connectivity index is 2.27. The van der Waals surface area contributed by atoms with E-state index in [1.54, 1.807) is 0 Å². The second-order valence-corrected chi connectivity index (χ2v) is 4.62. The molecule has 0 spiro atoms. The van der Waals surface area contributed by atoms with Crippen LogP contribution in [0.15, 0.2) is 12.2 Å². The van der Waals surface area contributed by atoms with Crippen molar-refractivity contribution >= 4 is 5.97 Å². The molecule has 2 fully saturated rings. The van der Waals surface area contributed by atoms with Crippen molar-refractivity contribution in [1.82, 2.24) is 0 Å². The molecule has 2 unspecified atom stereocenters. The van der Waals surface area contributed by atoms with Crippen molar-refractivity contribution in [2.24, 2.45) is 11.3 Å². The van der Waals surface area contributed by atoms with E-state index < -0.39 is 0 Å². The molecule has 2 aliphatic rings. The van der Waals surface area contributed by atoms with E-state index in [9.17, 15) is 4.79 Å². The molecule has 14 heavy (non-hydrogen) atoms. The molecule has 78 valence electrons. The van der Waals surface area contributed by atoms with Crippen LogP contribution in [0.25, 0.3) is 0 Å². The van der Waals surface area contributed by atoms with E-state index in [1.165, 1.54) is 19.3 Å². The maximum Gasteiger partial charge on any atom is 0.333 e. The van der Waals surface area contributed by atoms with Crippen molar-refractivity contribution in [3.63, 3.8) is 0 Å². The van der Waals surface area contributed by atoms with Gasteiger partial charge in [0.2, 0.25) is 0 Å². The summed E-state index contributed by atoms with van der Waals surface area (Å²) in [5, 5.41) is 0. The summed E-state index contributed by atoms with van der Waals surface area (Å²) in [6.07, 6.45) is 5.93. The van der Waals surface area contributed by atoms with E-state index >= 15 is 0 Å². The molecule has 1 aliphatic carbocycles. The van der Waals surface area contributed by atoms with Crippen LogP contribution in [-0.4, -0.2) is 12.6 Å². The summed E-state index contributed by atoms with van der Waals surface area (Å²) in [5.74, 6) is 0.225. The molecule has 0 aromatic rings. The van der Waals surface area contributed by atoms with Crippen LogP contribution in [-0.2, 0) is 9.53 Å². The number of hydrogen-bond acceptors (Lipinski definition) is 2. The first-order valence-electron chi connectivity index (χ1n) is 5.55. The number of ether oxygens (including phenoxy) is 1. The summed E-state index contributed by atoms with van der Waals surface area (Å²) in [6, 6.07) is 0. The molecular weight excluding hydrogens is 176 g/mol. The fourth-order valence-electron chi connectivity index (χ4n) is 2.99. The van der Waals surface area contributed by atoms with Gasteiger partial charge in [0.25, 0.3) is 0 Å². The average Bonchev–Trinajstić information content (AvgIpc) is 2.24. The Bertz CT molecular complexity index is 269. The van der Waals surface area contributed by atoms with E-state index in [4.69, 9.17) is 4.74 Å². The third kappa shape index (κ3) is 1.28. The van der Waals surface area contributed by atoms with Crippen LogP contribution >= 0.6 is 0 Å². The topological polar surface area (TPSA) is 26.3 Å². The highest BCUT2D eigenvalue weighted by atomic mass is 16.5. The Morgan fingerprint density at radius 3 is 3.07 bits per heavy atom. The molecule has 2 nitrogen and oxygen atoms in total. The van der Waals surface area contributed by atoms with Crippen molar-refractivity contribution in [2.45, 2.75) is 39.0 Å². The highest BCUT2D eigenvalue weighted by molar-refractivity contribution is 5.89. The van der Waals surface area contributed by atoms with Crippen LogP contribution in [0.1, 0.15) is 39.0 Å². The zero-order valence-electron chi connectivity index (χ0n) is 8.84. The van der Waals surface area contributed by atoms with Crippen molar-refractivity contribution in [3.8, 4) is 0 Å². The number of rotatable bonds is 1. The van der Waals surface area contributed by atoms with Crippen molar-refractivity contribution in [2.75, 3.05) is 6.61 Å². The third-order valence-corrected chi connectivity index (χ3v) is 4.03. The summed E-state index contributed by atoms with van der Waals surface area (Å²) >= 11 is 0. The van der Waals surface area contributed by atoms with E-state index in [-0.39, 0.29) is 11.4 Å². The first-order chi connectivity index (χ1) is 6.69. The lowest BCUT2D eigenvalue weighted by Crippen LogP contribution is -2.45. The fraction of sp³-hybridized carbons (Fsp3) is 0.750. The highest BCUT2D eigenvalue weighted by Crippen LogP contribution is 2.49. The van der Waals surface area contributed by atoms with Gasteiger partial charge in [-0.05, 0) is 25.2 Å². The zero-order chi connectivity index (χ0) is 10.2. The molecule has 0 bridgehead atoms. The minimum absolute atomic E-state index is 0.166. The van der Waals surface area contributed by atoms with Crippen LogP contribution in [0.4, 0.5) is 0 Å². The quantitative estimate of drug-likeness (QED) is 0.474. The van der Waals surface area contributed by atoms with Gasteiger partial charge < -0.3 is 4.74 Å². The molecule has 1 aliphatic heterocycles. The molecule has 2 atom stereocenters. The molecule has 1 heterocycles. The van der Waals surface area contributed by atoms with Gasteiger partial charge in [0.05, 0.1) is 6.61 Å². The normalized spacial score (nSPS) is 37.6. The molecule has 0 radical (unpaired) electrons. The Hall–Kier alpha value is -0.790. The van der Waals surface area contributed by atoms with Gasteiger partial charge in [0, 0.05) is 11.0 Å². The molecule has 1 saturated heterocycles. The number of esters is 1. The standard InChI is InChI=1S/C12H18O2/c1-3-12-7-5-4-6-10(12)9(2)11(13)14-8-12/h10H,2-8H2,1H3. The van der Waals surface area contributed by atoms with Crippen LogP contribution in [0, 0.1) is 11.3 Å². The zero-order valence-corrected chi connectivity index (χ0v) is 8.84. The smallest absolute Gasteiger partial charge is 0.333 e. The molecule has 2 rings (SSSR count). The molecule has 0 amide bonds. The maximum atomic E-state index is 11.4. The van der Waals surface area contributed by atoms with Gasteiger partial charge in [0.15, 0.2) is 0 Å². The predicted molar refractivity (Wildman–Crippen MR) is 54.8 cm³/mol. The molecular formula is C12H18O2. The second-order valence-electron chi connectivity index (χ2n) is 4.62. The van der Waals surface area contributed by atoms with E-state index in [1.807, 2.05) is 0 Å². The van der Waals surface area contributed by atoms with Crippen LogP contribution in [0.5, 0.6) is 0 Å². The Kier molecular flexibility index (Phi) is 2.38. The van der Waals surface area contributed by atoms with Crippen molar-refractivity contribution < 1.29 is 9.53 Å². The third-order valence-electron chi connectivity index (χ3n) is 4.03. The van der Waals surface area contributed by atoms with Gasteiger partial charge in [-0.25, -0.2) is 4.79 Å². The summed E-state index contributed by atoms with van der Waals surface area (Å²) in [7, 11) is 0. The van der Waals surface area contributed by atoms with Gasteiger partial charge in [-0.2, -0.15) is 0 Å². The average molecular weight is 194 g/mol. The highest BCUT2D eigenvalue weighted by Gasteiger charge is 2.46. The number of carbonyl (C=O) groups is 1. The molecule has 0 aromatic carbocycles. The first kappa shape index (κ1) is 9.75. The van der Waals surface area contributed by atoms with Crippen molar-refractivity contribution in [1.29, 1.82) is 0 Å². The van der Waals surface area contributed by atoms with Crippen LogP contribution in [0.3, 0.4) is 0 Å². The minimum Gasteiger partial charge on any atom is -0.462 e. The van der Waals surface area contributed by atoms with Crippen molar-refractivity contribution in [3.05, 3.63) is 12.2 Å². The lowest BCUT2D eigenvalue weighted by atomic mass is 9.62. The lowest BCUT2D eigenvalue weighted by molar-refractivity contribution is -0.153. The Morgan fingerprint density at radius 2 is 2.36 bits per heavy atom. The van der Waals surface area contributed by atoms with Crippen LogP contribution in [0.2, 0.25) is 0 Å². The van der Waals surface area contributed by atoms with Gasteiger partial charge in [-0.1, -0.05) is 26.3 Å². The van der Waals surface area contributed by atoms with E-state index in [0.29, 0.717) is 12.5 Å². The van der Waals surface area contributed by atoms with Gasteiger partial charge in [-0.15, -0.1) is 0 Å². The molecule has 0 N–H and O–H groups in total. The first-order valence-corrected chi connectivity index (χ1v) is 5.55. The largest absolute Gasteiger partial charge is 0.462 e. The second kappa shape index (κ2) is 3.41. The molecule has 0 aromatic heterocycles. The number of carbonyl (C=O) groups excluding carboxylic acids is 1. The van der Waals surface area contributed by atoms with Gasteiger partial charge in [0.1, 0.15) is 0 Å². The summed E-state index contributed by atoms with van der Waals surface area (Å²) < 4.78 is 5.22. The summed E-state index contributed by atoms with van der Waals surface area (Å²) in [4.78, 5) is 11.4. The van der Waals surface area contributed by atoms with Crippen LogP contribution < -0.4 is 0 Å². The number of hydrogen-bond donors (Lipinski definition) is 0. The lowest BCUT2D eigenvalue weighted by Gasteiger charge is -2.46. The number of fused-ring (bicyclic) bond motifs is 1. The molecule has 1 saturated carbocycles. The fourth-order valence-corrected chi connectivity index (χ4v) is 2.99. The monoisotopic (exact) mass is 194 g/mol. The van der Waals surface area contributed by atoms with E-state index in [2.05, 4.69) is 13.5 Å². The Morgan fingerprint density at radius 1 is 1.57 bits per heavy atom. The van der Waals surface area contributed by atoms with Gasteiger partial charge >= 0.3 is 5.97 Å². The molecule has 2 heteroatoms. The van der Waals surface area contributed by atoms with Gasteiger partial charge in [-0.3, -0.25) is 0 Å².